The van der Waals surface area contributed by atoms with Crippen molar-refractivity contribution in [2.75, 3.05) is 0 Å². The molecule has 11 heavy (non-hydrogen) atoms. The van der Waals surface area contributed by atoms with Gasteiger partial charge in [-0.15, -0.1) is 0 Å². The van der Waals surface area contributed by atoms with Gasteiger partial charge in [0.25, 0.3) is 0 Å². The van der Waals surface area contributed by atoms with Crippen molar-refractivity contribution in [3.05, 3.63) is 0 Å². The molecule has 1 aliphatic carbocycles. The van der Waals surface area contributed by atoms with Crippen LogP contribution in [0, 0.1) is 5.92 Å². The quantitative estimate of drug-likeness (QED) is 0.577. The minimum atomic E-state index is -1.59. The van der Waals surface area contributed by atoms with Crippen LogP contribution in [0.15, 0.2) is 0 Å². The van der Waals surface area contributed by atoms with Gasteiger partial charge in [0.15, 0.2) is 0 Å². The standard InChI is InChI=1S/C7H10F2O2/c8-5-1-4(3-10)2-6(9)7(5)11/h3-7,11H,1-2H2. The third kappa shape index (κ3) is 1.74. The number of halogens is 2. The maximum Gasteiger partial charge on any atom is 0.129 e. The van der Waals surface area contributed by atoms with Crippen LogP contribution < -0.4 is 0 Å². The Morgan fingerprint density at radius 1 is 1.27 bits per heavy atom. The van der Waals surface area contributed by atoms with E-state index in [9.17, 15) is 13.6 Å². The summed E-state index contributed by atoms with van der Waals surface area (Å²) >= 11 is 0. The van der Waals surface area contributed by atoms with Crippen LogP contribution in [0.3, 0.4) is 0 Å². The molecule has 1 aliphatic rings. The highest BCUT2D eigenvalue weighted by molar-refractivity contribution is 5.54. The summed E-state index contributed by atoms with van der Waals surface area (Å²) in [7, 11) is 0. The zero-order chi connectivity index (χ0) is 8.43. The minimum Gasteiger partial charge on any atom is -0.387 e. The van der Waals surface area contributed by atoms with E-state index in [1.54, 1.807) is 0 Å². The molecule has 1 saturated carbocycles. The first-order valence-corrected chi connectivity index (χ1v) is 3.56. The average Bonchev–Trinajstić information content (AvgIpc) is 1.99. The summed E-state index contributed by atoms with van der Waals surface area (Å²) in [5.41, 5.74) is 0. The van der Waals surface area contributed by atoms with Crippen molar-refractivity contribution >= 4 is 6.29 Å². The monoisotopic (exact) mass is 164 g/mol. The molecule has 0 aliphatic heterocycles. The van der Waals surface area contributed by atoms with Crippen molar-refractivity contribution < 1.29 is 18.7 Å². The van der Waals surface area contributed by atoms with E-state index in [0.717, 1.165) is 0 Å². The molecule has 1 rings (SSSR count). The van der Waals surface area contributed by atoms with E-state index >= 15 is 0 Å². The molecule has 2 unspecified atom stereocenters. The largest absolute Gasteiger partial charge is 0.387 e. The molecule has 2 atom stereocenters. The van der Waals surface area contributed by atoms with Gasteiger partial charge in [-0.05, 0) is 12.8 Å². The fourth-order valence-electron chi connectivity index (χ4n) is 1.29. The number of aldehydes is 1. The second-order valence-corrected chi connectivity index (χ2v) is 2.89. The normalized spacial score (nSPS) is 45.4. The van der Waals surface area contributed by atoms with Crippen molar-refractivity contribution in [1.29, 1.82) is 0 Å². The maximum absolute atomic E-state index is 12.6. The Labute approximate surface area is 63.2 Å². The molecule has 0 spiro atoms. The number of hydrogen-bond donors (Lipinski definition) is 1. The average molecular weight is 164 g/mol. The van der Waals surface area contributed by atoms with Gasteiger partial charge in [-0.25, -0.2) is 8.78 Å². The lowest BCUT2D eigenvalue weighted by atomic mass is 9.86. The highest BCUT2D eigenvalue weighted by Crippen LogP contribution is 2.27. The molecule has 0 amide bonds. The molecule has 1 N–H and O–H groups in total. The molecular weight excluding hydrogens is 154 g/mol. The molecule has 64 valence electrons. The molecular formula is C7H10F2O2. The molecule has 0 aromatic rings. The zero-order valence-corrected chi connectivity index (χ0v) is 5.91. The molecule has 0 radical (unpaired) electrons. The number of rotatable bonds is 1. The van der Waals surface area contributed by atoms with Crippen LogP contribution in [0.5, 0.6) is 0 Å². The Morgan fingerprint density at radius 2 is 1.73 bits per heavy atom. The van der Waals surface area contributed by atoms with E-state index in [0.29, 0.717) is 6.29 Å². The highest BCUT2D eigenvalue weighted by Gasteiger charge is 2.36. The number of carbonyl (C=O) groups excluding carboxylic acids is 1. The van der Waals surface area contributed by atoms with Gasteiger partial charge in [0.05, 0.1) is 0 Å². The molecule has 1 fully saturated rings. The highest BCUT2D eigenvalue weighted by atomic mass is 19.1. The van der Waals surface area contributed by atoms with Crippen LogP contribution in [-0.4, -0.2) is 29.8 Å². The lowest BCUT2D eigenvalue weighted by Gasteiger charge is -2.28. The number of hydrogen-bond acceptors (Lipinski definition) is 2. The summed E-state index contributed by atoms with van der Waals surface area (Å²) in [5, 5.41) is 8.79. The molecule has 0 bridgehead atoms. The fourth-order valence-corrected chi connectivity index (χ4v) is 1.29. The molecule has 0 aromatic carbocycles. The van der Waals surface area contributed by atoms with Gasteiger partial charge in [0.1, 0.15) is 24.7 Å². The zero-order valence-electron chi connectivity index (χ0n) is 5.91. The predicted molar refractivity (Wildman–Crippen MR) is 34.6 cm³/mol. The first-order valence-electron chi connectivity index (χ1n) is 3.56. The van der Waals surface area contributed by atoms with Crippen LogP contribution in [0.25, 0.3) is 0 Å². The molecule has 2 nitrogen and oxygen atoms in total. The van der Waals surface area contributed by atoms with Gasteiger partial charge >= 0.3 is 0 Å². The molecule has 0 heterocycles. The second-order valence-electron chi connectivity index (χ2n) is 2.89. The van der Waals surface area contributed by atoms with E-state index in [1.807, 2.05) is 0 Å². The molecule has 4 heteroatoms. The Hall–Kier alpha value is -0.510. The maximum atomic E-state index is 12.6. The summed E-state index contributed by atoms with van der Waals surface area (Å²) in [6, 6.07) is 0. The summed E-state index contributed by atoms with van der Waals surface area (Å²) < 4.78 is 25.2. The van der Waals surface area contributed by atoms with E-state index in [2.05, 4.69) is 0 Å². The van der Waals surface area contributed by atoms with Crippen LogP contribution in [0.2, 0.25) is 0 Å². The first-order chi connectivity index (χ1) is 5.15. The van der Waals surface area contributed by atoms with Crippen molar-refractivity contribution in [2.24, 2.45) is 5.92 Å². The third-order valence-corrected chi connectivity index (χ3v) is 1.99. The van der Waals surface area contributed by atoms with E-state index in [1.165, 1.54) is 0 Å². The van der Waals surface area contributed by atoms with Gasteiger partial charge in [-0.1, -0.05) is 0 Å². The van der Waals surface area contributed by atoms with E-state index < -0.39 is 24.4 Å². The minimum absolute atomic E-state index is 0.0505. The Kier molecular flexibility index (Phi) is 2.54. The Bertz CT molecular complexity index is 139. The molecule has 0 aromatic heterocycles. The smallest absolute Gasteiger partial charge is 0.129 e. The number of aliphatic hydroxyl groups is 1. The topological polar surface area (TPSA) is 37.3 Å². The number of alkyl halides is 2. The number of carbonyl (C=O) groups is 1. The Morgan fingerprint density at radius 3 is 2.09 bits per heavy atom. The van der Waals surface area contributed by atoms with E-state index in [-0.39, 0.29) is 12.8 Å². The van der Waals surface area contributed by atoms with Crippen molar-refractivity contribution in [3.8, 4) is 0 Å². The van der Waals surface area contributed by atoms with Gasteiger partial charge in [-0.2, -0.15) is 0 Å². The first kappa shape index (κ1) is 8.59. The summed E-state index contributed by atoms with van der Waals surface area (Å²) in [6.07, 6.45) is -4.27. The SMILES string of the molecule is O=CC1CC(F)C(O)C(F)C1. The summed E-state index contributed by atoms with van der Waals surface area (Å²) in [5.74, 6) is -0.566. The van der Waals surface area contributed by atoms with Gasteiger partial charge < -0.3 is 9.90 Å². The van der Waals surface area contributed by atoms with Crippen LogP contribution in [0.4, 0.5) is 8.78 Å². The van der Waals surface area contributed by atoms with Crippen LogP contribution in [-0.2, 0) is 4.79 Å². The van der Waals surface area contributed by atoms with Gasteiger partial charge in [0.2, 0.25) is 0 Å². The number of aliphatic hydroxyl groups excluding tert-OH is 1. The van der Waals surface area contributed by atoms with Crippen molar-refractivity contribution in [3.63, 3.8) is 0 Å². The second kappa shape index (κ2) is 3.26. The van der Waals surface area contributed by atoms with Gasteiger partial charge in [-0.3, -0.25) is 0 Å². The van der Waals surface area contributed by atoms with Crippen molar-refractivity contribution in [2.45, 2.75) is 31.3 Å². The van der Waals surface area contributed by atoms with Crippen LogP contribution in [0.1, 0.15) is 12.8 Å². The third-order valence-electron chi connectivity index (χ3n) is 1.99. The summed E-state index contributed by atoms with van der Waals surface area (Å²) in [4.78, 5) is 10.1. The van der Waals surface area contributed by atoms with Crippen molar-refractivity contribution in [1.82, 2.24) is 0 Å². The lowest BCUT2D eigenvalue weighted by Crippen LogP contribution is -2.40. The fraction of sp³-hybridized carbons (Fsp3) is 0.857. The Balaban J connectivity index is 2.54. The lowest BCUT2D eigenvalue weighted by molar-refractivity contribution is -0.116. The van der Waals surface area contributed by atoms with Gasteiger partial charge in [0, 0.05) is 5.92 Å². The van der Waals surface area contributed by atoms with E-state index in [4.69, 9.17) is 5.11 Å². The van der Waals surface area contributed by atoms with Crippen LogP contribution >= 0.6 is 0 Å². The summed E-state index contributed by atoms with van der Waals surface area (Å²) in [6.45, 7) is 0. The predicted octanol–water partition coefficient (Wildman–Crippen LogP) is 0.632. The molecule has 0 saturated heterocycles.